The van der Waals surface area contributed by atoms with Gasteiger partial charge in [-0.15, -0.1) is 0 Å². The minimum absolute atomic E-state index is 0.0983. The van der Waals surface area contributed by atoms with Gasteiger partial charge in [0, 0.05) is 12.6 Å². The molecule has 0 aromatic heterocycles. The number of ether oxygens (including phenoxy) is 1. The van der Waals surface area contributed by atoms with Crippen LogP contribution in [0.3, 0.4) is 0 Å². The Hall–Kier alpha value is -2.41. The second kappa shape index (κ2) is 9.67. The summed E-state index contributed by atoms with van der Waals surface area (Å²) in [6.07, 6.45) is 0. The molecule has 0 heterocycles. The van der Waals surface area contributed by atoms with Crippen molar-refractivity contribution in [1.82, 2.24) is 10.6 Å². The largest absolute Gasteiger partial charge is 0.461 e. The van der Waals surface area contributed by atoms with E-state index in [-0.39, 0.29) is 42.9 Å². The van der Waals surface area contributed by atoms with Crippen molar-refractivity contribution in [2.24, 2.45) is 5.92 Å². The number of esters is 1. The van der Waals surface area contributed by atoms with Crippen molar-refractivity contribution in [2.45, 2.75) is 33.4 Å². The van der Waals surface area contributed by atoms with Gasteiger partial charge in [-0.25, -0.2) is 0 Å². The molecule has 3 N–H and O–H groups in total. The van der Waals surface area contributed by atoms with Crippen LogP contribution < -0.4 is 16.0 Å². The first-order chi connectivity index (χ1) is 11.3. The van der Waals surface area contributed by atoms with E-state index in [1.54, 1.807) is 31.3 Å². The van der Waals surface area contributed by atoms with Crippen LogP contribution >= 0.6 is 0 Å². The maximum Gasteiger partial charge on any atom is 0.302 e. The molecule has 1 atom stereocenters. The Balaban J connectivity index is 2.45. The Morgan fingerprint density at radius 1 is 1.12 bits per heavy atom. The highest BCUT2D eigenvalue weighted by Gasteiger charge is 2.20. The van der Waals surface area contributed by atoms with E-state index < -0.39 is 0 Å². The van der Waals surface area contributed by atoms with Gasteiger partial charge in [0.1, 0.15) is 6.61 Å². The smallest absolute Gasteiger partial charge is 0.302 e. The summed E-state index contributed by atoms with van der Waals surface area (Å²) in [6.45, 7) is 5.30. The average Bonchev–Trinajstić information content (AvgIpc) is 2.52. The zero-order chi connectivity index (χ0) is 18.1. The van der Waals surface area contributed by atoms with Crippen molar-refractivity contribution in [2.75, 3.05) is 18.9 Å². The minimum Gasteiger partial charge on any atom is -0.461 e. The van der Waals surface area contributed by atoms with E-state index in [9.17, 15) is 14.4 Å². The lowest BCUT2D eigenvalue weighted by molar-refractivity contribution is -0.142. The summed E-state index contributed by atoms with van der Waals surface area (Å²) in [6, 6.07) is 6.60. The third kappa shape index (κ3) is 6.78. The molecule has 1 aromatic carbocycles. The molecule has 0 bridgehead atoms. The van der Waals surface area contributed by atoms with Crippen molar-refractivity contribution in [1.29, 1.82) is 0 Å². The average molecular weight is 335 g/mol. The lowest BCUT2D eigenvalue weighted by Crippen LogP contribution is -2.47. The first kappa shape index (κ1) is 19.6. The predicted octanol–water partition coefficient (Wildman–Crippen LogP) is 1.05. The molecule has 7 heteroatoms. The molecule has 1 rings (SSSR count). The molecule has 0 aliphatic rings. The third-order valence-electron chi connectivity index (χ3n) is 3.36. The number of amides is 2. The van der Waals surface area contributed by atoms with Crippen LogP contribution in [0.15, 0.2) is 24.3 Å². The number of anilines is 1. The fourth-order valence-electron chi connectivity index (χ4n) is 2.12. The molecule has 0 saturated heterocycles. The van der Waals surface area contributed by atoms with Gasteiger partial charge in [0.25, 0.3) is 0 Å². The maximum atomic E-state index is 11.9. The molecule has 1 aromatic rings. The highest BCUT2D eigenvalue weighted by molar-refractivity contribution is 5.95. The monoisotopic (exact) mass is 335 g/mol. The molecule has 0 aliphatic carbocycles. The highest BCUT2D eigenvalue weighted by Crippen LogP contribution is 2.10. The number of hydrogen-bond acceptors (Lipinski definition) is 5. The summed E-state index contributed by atoms with van der Waals surface area (Å²) in [7, 11) is 1.71. The lowest BCUT2D eigenvalue weighted by Gasteiger charge is -2.19. The number of nitrogens with one attached hydrogen (secondary N) is 3. The predicted molar refractivity (Wildman–Crippen MR) is 91.2 cm³/mol. The van der Waals surface area contributed by atoms with Gasteiger partial charge in [-0.05, 0) is 30.7 Å². The molecular formula is C17H25N3O4. The summed E-state index contributed by atoms with van der Waals surface area (Å²) in [5.74, 6) is -0.735. The quantitative estimate of drug-likeness (QED) is 0.617. The molecule has 0 unspecified atom stereocenters. The molecule has 0 radical (unpaired) electrons. The SMILES string of the molecule is CN[C@H](C(=O)NCC(=O)Nc1ccc(COC(C)=O)cc1)C(C)C. The Morgan fingerprint density at radius 2 is 1.75 bits per heavy atom. The van der Waals surface area contributed by atoms with Gasteiger partial charge >= 0.3 is 5.97 Å². The molecule has 0 spiro atoms. The standard InChI is InChI=1S/C17H25N3O4/c1-11(2)16(18-4)17(23)19-9-15(22)20-14-7-5-13(6-8-14)10-24-12(3)21/h5-8,11,16,18H,9-10H2,1-4H3,(H,19,23)(H,20,22)/t16-/m0/s1. The Labute approximate surface area is 142 Å². The number of hydrogen-bond donors (Lipinski definition) is 3. The number of carbonyl (C=O) groups is 3. The van der Waals surface area contributed by atoms with Crippen LogP contribution in [0.5, 0.6) is 0 Å². The van der Waals surface area contributed by atoms with Gasteiger partial charge in [-0.1, -0.05) is 26.0 Å². The topological polar surface area (TPSA) is 96.5 Å². The molecule has 132 valence electrons. The zero-order valence-electron chi connectivity index (χ0n) is 14.5. The van der Waals surface area contributed by atoms with E-state index in [0.717, 1.165) is 5.56 Å². The van der Waals surface area contributed by atoms with Gasteiger partial charge in [-0.2, -0.15) is 0 Å². The Bertz CT molecular complexity index is 570. The van der Waals surface area contributed by atoms with Crippen LogP contribution in [0.2, 0.25) is 0 Å². The van der Waals surface area contributed by atoms with Crippen molar-refractivity contribution in [3.63, 3.8) is 0 Å². The van der Waals surface area contributed by atoms with Gasteiger partial charge in [0.05, 0.1) is 12.6 Å². The molecule has 0 saturated carbocycles. The summed E-state index contributed by atoms with van der Waals surface area (Å²) in [5, 5.41) is 8.22. The van der Waals surface area contributed by atoms with Crippen LogP contribution in [0.4, 0.5) is 5.69 Å². The van der Waals surface area contributed by atoms with Crippen LogP contribution in [0.25, 0.3) is 0 Å². The van der Waals surface area contributed by atoms with Crippen molar-refractivity contribution in [3.8, 4) is 0 Å². The van der Waals surface area contributed by atoms with Gasteiger partial charge in [0.15, 0.2) is 0 Å². The first-order valence-corrected chi connectivity index (χ1v) is 7.80. The van der Waals surface area contributed by atoms with E-state index in [1.165, 1.54) is 6.92 Å². The van der Waals surface area contributed by atoms with Gasteiger partial charge in [-0.3, -0.25) is 14.4 Å². The molecule has 0 aliphatic heterocycles. The molecule has 0 fully saturated rings. The van der Waals surface area contributed by atoms with Crippen LogP contribution in [-0.4, -0.2) is 37.4 Å². The number of benzene rings is 1. The highest BCUT2D eigenvalue weighted by atomic mass is 16.5. The molecule has 24 heavy (non-hydrogen) atoms. The summed E-state index contributed by atoms with van der Waals surface area (Å²) in [5.41, 5.74) is 1.43. The summed E-state index contributed by atoms with van der Waals surface area (Å²) >= 11 is 0. The van der Waals surface area contributed by atoms with E-state index >= 15 is 0 Å². The summed E-state index contributed by atoms with van der Waals surface area (Å²) < 4.78 is 4.89. The number of carbonyl (C=O) groups excluding carboxylic acids is 3. The van der Waals surface area contributed by atoms with E-state index in [2.05, 4.69) is 16.0 Å². The maximum absolute atomic E-state index is 11.9. The van der Waals surface area contributed by atoms with E-state index in [4.69, 9.17) is 4.74 Å². The molecular weight excluding hydrogens is 310 g/mol. The third-order valence-corrected chi connectivity index (χ3v) is 3.36. The van der Waals surface area contributed by atoms with Crippen molar-refractivity contribution >= 4 is 23.5 Å². The molecule has 2 amide bonds. The van der Waals surface area contributed by atoms with Gasteiger partial charge in [0.2, 0.25) is 11.8 Å². The summed E-state index contributed by atoms with van der Waals surface area (Å²) in [4.78, 5) is 34.6. The van der Waals surface area contributed by atoms with Crippen LogP contribution in [0.1, 0.15) is 26.3 Å². The second-order valence-electron chi connectivity index (χ2n) is 5.75. The fourth-order valence-corrected chi connectivity index (χ4v) is 2.12. The second-order valence-corrected chi connectivity index (χ2v) is 5.75. The van der Waals surface area contributed by atoms with E-state index in [0.29, 0.717) is 5.69 Å². The van der Waals surface area contributed by atoms with Crippen molar-refractivity contribution < 1.29 is 19.1 Å². The zero-order valence-corrected chi connectivity index (χ0v) is 14.5. The lowest BCUT2D eigenvalue weighted by atomic mass is 10.0. The number of likely N-dealkylation sites (N-methyl/N-ethyl adjacent to an activating group) is 1. The fraction of sp³-hybridized carbons (Fsp3) is 0.471. The minimum atomic E-state index is -0.343. The Kier molecular flexibility index (Phi) is 7.91. The van der Waals surface area contributed by atoms with Gasteiger partial charge < -0.3 is 20.7 Å². The number of rotatable bonds is 8. The van der Waals surface area contributed by atoms with Crippen LogP contribution in [0, 0.1) is 5.92 Å². The molecule has 7 nitrogen and oxygen atoms in total. The first-order valence-electron chi connectivity index (χ1n) is 7.80. The van der Waals surface area contributed by atoms with Crippen LogP contribution in [-0.2, 0) is 25.7 Å². The Morgan fingerprint density at radius 3 is 2.25 bits per heavy atom. The van der Waals surface area contributed by atoms with Crippen molar-refractivity contribution in [3.05, 3.63) is 29.8 Å². The normalized spacial score (nSPS) is 11.7. The van der Waals surface area contributed by atoms with E-state index in [1.807, 2.05) is 13.8 Å².